The number of carbonyl (C=O) groups is 2. The number of rotatable bonds is 3. The molecule has 0 spiro atoms. The van der Waals surface area contributed by atoms with Crippen LogP contribution in [0, 0.1) is 5.82 Å². The SMILES string of the molecule is O=C(O)CN1CCN(C(=O)Nc2c(F)cccc2Cl)CC1. The van der Waals surface area contributed by atoms with Crippen molar-refractivity contribution >= 4 is 29.3 Å². The summed E-state index contributed by atoms with van der Waals surface area (Å²) in [6, 6.07) is 3.71. The Morgan fingerprint density at radius 3 is 2.52 bits per heavy atom. The zero-order valence-corrected chi connectivity index (χ0v) is 11.9. The minimum absolute atomic E-state index is 0.0443. The topological polar surface area (TPSA) is 72.9 Å². The molecule has 1 aliphatic rings. The average Bonchev–Trinajstić information content (AvgIpc) is 2.43. The van der Waals surface area contributed by atoms with Crippen molar-refractivity contribution in [2.24, 2.45) is 0 Å². The van der Waals surface area contributed by atoms with Crippen molar-refractivity contribution in [3.05, 3.63) is 29.0 Å². The molecule has 0 aliphatic carbocycles. The molecule has 0 saturated carbocycles. The van der Waals surface area contributed by atoms with Crippen molar-refractivity contribution in [1.29, 1.82) is 0 Å². The quantitative estimate of drug-likeness (QED) is 0.890. The van der Waals surface area contributed by atoms with Gasteiger partial charge in [0.2, 0.25) is 0 Å². The summed E-state index contributed by atoms with van der Waals surface area (Å²) in [6.45, 7) is 1.64. The van der Waals surface area contributed by atoms with E-state index >= 15 is 0 Å². The van der Waals surface area contributed by atoms with Gasteiger partial charge in [-0.25, -0.2) is 9.18 Å². The molecule has 114 valence electrons. The van der Waals surface area contributed by atoms with E-state index in [4.69, 9.17) is 16.7 Å². The number of carbonyl (C=O) groups excluding carboxylic acids is 1. The van der Waals surface area contributed by atoms with E-state index in [9.17, 15) is 14.0 Å². The lowest BCUT2D eigenvalue weighted by atomic mass is 10.3. The molecule has 0 radical (unpaired) electrons. The smallest absolute Gasteiger partial charge is 0.322 e. The maximum Gasteiger partial charge on any atom is 0.322 e. The zero-order valence-electron chi connectivity index (χ0n) is 11.2. The Labute approximate surface area is 126 Å². The average molecular weight is 316 g/mol. The van der Waals surface area contributed by atoms with Crippen LogP contribution in [0.15, 0.2) is 18.2 Å². The number of anilines is 1. The van der Waals surface area contributed by atoms with Crippen molar-refractivity contribution in [2.75, 3.05) is 38.0 Å². The number of nitrogens with zero attached hydrogens (tertiary/aromatic N) is 2. The predicted octanol–water partition coefficient (Wildman–Crippen LogP) is 1.71. The Morgan fingerprint density at radius 1 is 1.29 bits per heavy atom. The molecule has 21 heavy (non-hydrogen) atoms. The van der Waals surface area contributed by atoms with Gasteiger partial charge in [-0.1, -0.05) is 17.7 Å². The fourth-order valence-corrected chi connectivity index (χ4v) is 2.31. The van der Waals surface area contributed by atoms with Crippen LogP contribution in [-0.4, -0.2) is 59.6 Å². The highest BCUT2D eigenvalue weighted by Crippen LogP contribution is 2.24. The summed E-state index contributed by atoms with van der Waals surface area (Å²) in [5.74, 6) is -1.49. The van der Waals surface area contributed by atoms with Crippen molar-refractivity contribution in [3.8, 4) is 0 Å². The van der Waals surface area contributed by atoms with Crippen LogP contribution in [0.3, 0.4) is 0 Å². The van der Waals surface area contributed by atoms with Gasteiger partial charge in [0.05, 0.1) is 17.3 Å². The minimum Gasteiger partial charge on any atom is -0.480 e. The predicted molar refractivity (Wildman–Crippen MR) is 76.1 cm³/mol. The van der Waals surface area contributed by atoms with Gasteiger partial charge in [-0.15, -0.1) is 0 Å². The second-order valence-corrected chi connectivity index (χ2v) is 5.09. The molecule has 0 unspecified atom stereocenters. The monoisotopic (exact) mass is 315 g/mol. The number of urea groups is 1. The molecule has 0 bridgehead atoms. The maximum absolute atomic E-state index is 13.6. The van der Waals surface area contributed by atoms with E-state index in [0.717, 1.165) is 0 Å². The Hall–Kier alpha value is -1.86. The molecule has 8 heteroatoms. The molecule has 6 nitrogen and oxygen atoms in total. The van der Waals surface area contributed by atoms with Gasteiger partial charge in [0.15, 0.2) is 0 Å². The Balaban J connectivity index is 1.92. The van der Waals surface area contributed by atoms with Crippen molar-refractivity contribution in [1.82, 2.24) is 9.80 Å². The van der Waals surface area contributed by atoms with Crippen LogP contribution in [0.4, 0.5) is 14.9 Å². The Kier molecular flexibility index (Phi) is 4.98. The molecule has 1 fully saturated rings. The van der Waals surface area contributed by atoms with Crippen LogP contribution >= 0.6 is 11.6 Å². The van der Waals surface area contributed by atoms with Gasteiger partial charge in [-0.3, -0.25) is 9.69 Å². The van der Waals surface area contributed by atoms with Gasteiger partial charge < -0.3 is 15.3 Å². The van der Waals surface area contributed by atoms with Gasteiger partial charge in [0, 0.05) is 26.2 Å². The Morgan fingerprint density at radius 2 is 1.95 bits per heavy atom. The normalized spacial score (nSPS) is 15.8. The number of halogens is 2. The number of hydrogen-bond donors (Lipinski definition) is 2. The first-order chi connectivity index (χ1) is 9.97. The minimum atomic E-state index is -0.897. The van der Waals surface area contributed by atoms with E-state index in [1.54, 1.807) is 4.90 Å². The third kappa shape index (κ3) is 4.05. The third-order valence-electron chi connectivity index (χ3n) is 3.21. The van der Waals surface area contributed by atoms with E-state index in [-0.39, 0.29) is 17.3 Å². The van der Waals surface area contributed by atoms with Crippen LogP contribution in [0.5, 0.6) is 0 Å². The number of carboxylic acids is 1. The summed E-state index contributed by atoms with van der Waals surface area (Å²) in [6.07, 6.45) is 0. The standard InChI is InChI=1S/C13H15ClFN3O3/c14-9-2-1-3-10(15)12(9)16-13(21)18-6-4-17(5-7-18)8-11(19)20/h1-3H,4-8H2,(H,16,21)(H,19,20). The molecule has 1 aromatic rings. The highest BCUT2D eigenvalue weighted by Gasteiger charge is 2.23. The fraction of sp³-hybridized carbons (Fsp3) is 0.385. The first-order valence-electron chi connectivity index (χ1n) is 6.41. The lowest BCUT2D eigenvalue weighted by Crippen LogP contribution is -2.51. The first kappa shape index (κ1) is 15.5. The lowest BCUT2D eigenvalue weighted by molar-refractivity contribution is -0.138. The highest BCUT2D eigenvalue weighted by molar-refractivity contribution is 6.33. The molecule has 2 amide bonds. The van der Waals surface area contributed by atoms with Gasteiger partial charge in [-0.2, -0.15) is 0 Å². The van der Waals surface area contributed by atoms with E-state index in [2.05, 4.69) is 5.32 Å². The summed E-state index contributed by atoms with van der Waals surface area (Å²) >= 11 is 5.85. The largest absolute Gasteiger partial charge is 0.480 e. The highest BCUT2D eigenvalue weighted by atomic mass is 35.5. The van der Waals surface area contributed by atoms with Crippen LogP contribution in [0.25, 0.3) is 0 Å². The van der Waals surface area contributed by atoms with Gasteiger partial charge in [0.1, 0.15) is 5.82 Å². The summed E-state index contributed by atoms with van der Waals surface area (Å²) in [4.78, 5) is 25.9. The van der Waals surface area contributed by atoms with E-state index in [1.165, 1.54) is 23.1 Å². The van der Waals surface area contributed by atoms with Crippen molar-refractivity contribution < 1.29 is 19.1 Å². The van der Waals surface area contributed by atoms with Crippen LogP contribution in [0.2, 0.25) is 5.02 Å². The molecule has 2 N–H and O–H groups in total. The fourth-order valence-electron chi connectivity index (χ4n) is 2.10. The molecule has 1 heterocycles. The number of benzene rings is 1. The molecule has 1 saturated heterocycles. The first-order valence-corrected chi connectivity index (χ1v) is 6.79. The van der Waals surface area contributed by atoms with Crippen LogP contribution < -0.4 is 5.32 Å². The molecule has 1 aliphatic heterocycles. The number of para-hydroxylation sites is 1. The van der Waals surface area contributed by atoms with Crippen molar-refractivity contribution in [3.63, 3.8) is 0 Å². The molecule has 0 aromatic heterocycles. The second kappa shape index (κ2) is 6.73. The van der Waals surface area contributed by atoms with E-state index < -0.39 is 17.8 Å². The number of piperazine rings is 1. The van der Waals surface area contributed by atoms with Crippen LogP contribution in [-0.2, 0) is 4.79 Å². The van der Waals surface area contributed by atoms with Gasteiger partial charge in [-0.05, 0) is 12.1 Å². The lowest BCUT2D eigenvalue weighted by Gasteiger charge is -2.33. The molecular weight excluding hydrogens is 301 g/mol. The molecule has 1 aromatic carbocycles. The molecular formula is C13H15ClFN3O3. The summed E-state index contributed by atoms with van der Waals surface area (Å²) in [5.41, 5.74) is -0.0443. The van der Waals surface area contributed by atoms with Gasteiger partial charge in [0.25, 0.3) is 0 Å². The molecule has 0 atom stereocenters. The molecule has 2 rings (SSSR count). The van der Waals surface area contributed by atoms with Gasteiger partial charge >= 0.3 is 12.0 Å². The number of hydrogen-bond acceptors (Lipinski definition) is 3. The second-order valence-electron chi connectivity index (χ2n) is 4.68. The van der Waals surface area contributed by atoms with E-state index in [0.29, 0.717) is 26.2 Å². The van der Waals surface area contributed by atoms with Crippen molar-refractivity contribution in [2.45, 2.75) is 0 Å². The number of carboxylic acid groups (broad SMARTS) is 1. The Bertz CT molecular complexity index is 527. The van der Waals surface area contributed by atoms with E-state index in [1.807, 2.05) is 0 Å². The third-order valence-corrected chi connectivity index (χ3v) is 3.53. The number of amides is 2. The number of nitrogens with one attached hydrogen (secondary N) is 1. The maximum atomic E-state index is 13.6. The zero-order chi connectivity index (χ0) is 15.4. The summed E-state index contributed by atoms with van der Waals surface area (Å²) in [5, 5.41) is 11.3. The number of aliphatic carboxylic acids is 1. The van der Waals surface area contributed by atoms with Crippen LogP contribution in [0.1, 0.15) is 0 Å². The summed E-state index contributed by atoms with van der Waals surface area (Å²) in [7, 11) is 0. The summed E-state index contributed by atoms with van der Waals surface area (Å²) < 4.78 is 13.6.